The van der Waals surface area contributed by atoms with E-state index in [1.54, 1.807) is 6.92 Å². The zero-order chi connectivity index (χ0) is 14.6. The van der Waals surface area contributed by atoms with E-state index in [1.165, 1.54) is 12.3 Å². The summed E-state index contributed by atoms with van der Waals surface area (Å²) in [5, 5.41) is 22.2. The smallest absolute Gasteiger partial charge is 0.339 e. The molecule has 19 heavy (non-hydrogen) atoms. The molecule has 1 atom stereocenters. The number of aromatic carboxylic acids is 1. The third-order valence-corrected chi connectivity index (χ3v) is 3.00. The van der Waals surface area contributed by atoms with Crippen molar-refractivity contribution in [2.24, 2.45) is 5.92 Å². The molecule has 6 heteroatoms. The van der Waals surface area contributed by atoms with Gasteiger partial charge in [0, 0.05) is 17.2 Å². The molecule has 0 saturated carbocycles. The van der Waals surface area contributed by atoms with Crippen LogP contribution in [0.15, 0.2) is 16.7 Å². The van der Waals surface area contributed by atoms with E-state index in [9.17, 15) is 9.90 Å². The number of aromatic nitrogens is 1. The summed E-state index contributed by atoms with van der Waals surface area (Å²) in [6.45, 7) is 6.02. The van der Waals surface area contributed by atoms with Gasteiger partial charge in [-0.15, -0.1) is 0 Å². The number of nitrogens with one attached hydrogen (secondary N) is 1. The van der Waals surface area contributed by atoms with Gasteiger partial charge in [-0.05, 0) is 41.3 Å². The number of carboxylic acids is 1. The molecule has 1 rings (SSSR count). The van der Waals surface area contributed by atoms with Gasteiger partial charge in [-0.25, -0.2) is 9.78 Å². The molecule has 5 nitrogen and oxygen atoms in total. The highest BCUT2D eigenvalue weighted by Crippen LogP contribution is 2.21. The van der Waals surface area contributed by atoms with Gasteiger partial charge in [-0.3, -0.25) is 0 Å². The number of nitrogens with zero attached hydrogens (tertiary/aromatic N) is 1. The van der Waals surface area contributed by atoms with Gasteiger partial charge < -0.3 is 15.5 Å². The maximum Gasteiger partial charge on any atom is 0.339 e. The van der Waals surface area contributed by atoms with Crippen LogP contribution in [0.1, 0.15) is 37.6 Å². The average Bonchev–Trinajstić information content (AvgIpc) is 2.25. The summed E-state index contributed by atoms with van der Waals surface area (Å²) in [5.41, 5.74) is -0.826. The maximum atomic E-state index is 11.1. The third-order valence-electron chi connectivity index (χ3n) is 2.57. The average molecular weight is 331 g/mol. The van der Waals surface area contributed by atoms with Crippen molar-refractivity contribution in [3.63, 3.8) is 0 Å². The minimum Gasteiger partial charge on any atom is -0.478 e. The van der Waals surface area contributed by atoms with Crippen molar-refractivity contribution in [2.75, 3.05) is 11.9 Å². The Morgan fingerprint density at radius 2 is 2.21 bits per heavy atom. The molecule has 106 valence electrons. The molecule has 0 spiro atoms. The van der Waals surface area contributed by atoms with E-state index in [0.29, 0.717) is 16.8 Å². The van der Waals surface area contributed by atoms with Crippen LogP contribution in [-0.2, 0) is 0 Å². The topological polar surface area (TPSA) is 82.5 Å². The molecule has 1 aromatic heterocycles. The van der Waals surface area contributed by atoms with Gasteiger partial charge in [0.25, 0.3) is 0 Å². The van der Waals surface area contributed by atoms with Crippen LogP contribution in [0.5, 0.6) is 0 Å². The Balaban J connectivity index is 2.80. The van der Waals surface area contributed by atoms with Crippen molar-refractivity contribution >= 4 is 27.7 Å². The maximum absolute atomic E-state index is 11.1. The van der Waals surface area contributed by atoms with Crippen LogP contribution < -0.4 is 5.32 Å². The third kappa shape index (κ3) is 5.16. The molecule has 0 aromatic carbocycles. The summed E-state index contributed by atoms with van der Waals surface area (Å²) in [5.74, 6) is -0.437. The summed E-state index contributed by atoms with van der Waals surface area (Å²) in [4.78, 5) is 15.1. The quantitative estimate of drug-likeness (QED) is 0.747. The summed E-state index contributed by atoms with van der Waals surface area (Å²) in [6, 6.07) is 1.48. The highest BCUT2D eigenvalue weighted by molar-refractivity contribution is 9.10. The first kappa shape index (κ1) is 15.9. The minimum atomic E-state index is -1.06. The molecular formula is C13H19BrN2O3. The van der Waals surface area contributed by atoms with Gasteiger partial charge in [0.1, 0.15) is 11.4 Å². The van der Waals surface area contributed by atoms with Crippen molar-refractivity contribution in [3.8, 4) is 0 Å². The summed E-state index contributed by atoms with van der Waals surface area (Å²) in [6.07, 6.45) is 2.14. The second-order valence-corrected chi connectivity index (χ2v) is 6.22. The zero-order valence-electron chi connectivity index (χ0n) is 11.3. The first-order chi connectivity index (χ1) is 8.71. The number of carbonyl (C=O) groups is 1. The first-order valence-corrected chi connectivity index (χ1v) is 6.85. The summed E-state index contributed by atoms with van der Waals surface area (Å²) >= 11 is 3.18. The van der Waals surface area contributed by atoms with Crippen LogP contribution in [0, 0.1) is 5.92 Å². The predicted molar refractivity (Wildman–Crippen MR) is 77.5 cm³/mol. The number of anilines is 1. The fraction of sp³-hybridized carbons (Fsp3) is 0.538. The molecule has 0 saturated heterocycles. The number of pyridine rings is 1. The molecule has 0 bridgehead atoms. The number of aliphatic hydroxyl groups is 1. The van der Waals surface area contributed by atoms with E-state index in [4.69, 9.17) is 5.11 Å². The van der Waals surface area contributed by atoms with Gasteiger partial charge in [-0.2, -0.15) is 0 Å². The fourth-order valence-electron chi connectivity index (χ4n) is 1.97. The van der Waals surface area contributed by atoms with E-state index < -0.39 is 11.6 Å². The lowest BCUT2D eigenvalue weighted by Gasteiger charge is -2.26. The minimum absolute atomic E-state index is 0.0784. The Morgan fingerprint density at radius 1 is 1.58 bits per heavy atom. The Labute approximate surface area is 121 Å². The van der Waals surface area contributed by atoms with Crippen LogP contribution in [-0.4, -0.2) is 33.3 Å². The Bertz CT molecular complexity index is 461. The lowest BCUT2D eigenvalue weighted by Crippen LogP contribution is -2.35. The molecule has 0 aliphatic rings. The van der Waals surface area contributed by atoms with Crippen molar-refractivity contribution < 1.29 is 15.0 Å². The predicted octanol–water partition coefficient (Wildman–Crippen LogP) is 2.75. The molecule has 1 unspecified atom stereocenters. The van der Waals surface area contributed by atoms with Crippen molar-refractivity contribution in [2.45, 2.75) is 32.8 Å². The molecule has 0 fully saturated rings. The zero-order valence-corrected chi connectivity index (χ0v) is 12.9. The first-order valence-electron chi connectivity index (χ1n) is 6.06. The second-order valence-electron chi connectivity index (χ2n) is 5.30. The normalized spacial score (nSPS) is 14.2. The van der Waals surface area contributed by atoms with Crippen molar-refractivity contribution in [1.29, 1.82) is 0 Å². The Morgan fingerprint density at radius 3 is 2.74 bits per heavy atom. The monoisotopic (exact) mass is 330 g/mol. The lowest BCUT2D eigenvalue weighted by molar-refractivity contribution is 0.0512. The molecule has 0 amide bonds. The van der Waals surface area contributed by atoms with Crippen LogP contribution in [0.25, 0.3) is 0 Å². The molecule has 1 heterocycles. The molecule has 0 radical (unpaired) electrons. The van der Waals surface area contributed by atoms with E-state index in [1.807, 2.05) is 13.8 Å². The van der Waals surface area contributed by atoms with E-state index in [-0.39, 0.29) is 17.9 Å². The molecule has 0 aliphatic heterocycles. The van der Waals surface area contributed by atoms with Gasteiger partial charge in [-0.1, -0.05) is 13.8 Å². The Kier molecular flexibility index (Phi) is 5.31. The van der Waals surface area contributed by atoms with Gasteiger partial charge in [0.05, 0.1) is 5.60 Å². The van der Waals surface area contributed by atoms with E-state index >= 15 is 0 Å². The fourth-order valence-corrected chi connectivity index (χ4v) is 2.30. The summed E-state index contributed by atoms with van der Waals surface area (Å²) in [7, 11) is 0. The number of hydrogen-bond acceptors (Lipinski definition) is 4. The highest BCUT2D eigenvalue weighted by atomic mass is 79.9. The van der Waals surface area contributed by atoms with Gasteiger partial charge in [0.2, 0.25) is 0 Å². The van der Waals surface area contributed by atoms with Crippen LogP contribution in [0.3, 0.4) is 0 Å². The van der Waals surface area contributed by atoms with Gasteiger partial charge in [0.15, 0.2) is 0 Å². The number of rotatable bonds is 6. The summed E-state index contributed by atoms with van der Waals surface area (Å²) < 4.78 is 0.601. The molecule has 3 N–H and O–H groups in total. The number of hydrogen-bond donors (Lipinski definition) is 3. The van der Waals surface area contributed by atoms with E-state index in [2.05, 4.69) is 26.2 Å². The largest absolute Gasteiger partial charge is 0.478 e. The number of halogens is 1. The number of carboxylic acid groups (broad SMARTS) is 1. The highest BCUT2D eigenvalue weighted by Gasteiger charge is 2.23. The van der Waals surface area contributed by atoms with Crippen molar-refractivity contribution in [3.05, 3.63) is 22.3 Å². The van der Waals surface area contributed by atoms with Crippen LogP contribution in [0.2, 0.25) is 0 Å². The lowest BCUT2D eigenvalue weighted by atomic mass is 9.94. The SMILES string of the molecule is CC(C)CC(C)(O)CNc1ncc(Br)cc1C(=O)O. The molecule has 0 aliphatic carbocycles. The van der Waals surface area contributed by atoms with Gasteiger partial charge >= 0.3 is 5.97 Å². The van der Waals surface area contributed by atoms with E-state index in [0.717, 1.165) is 0 Å². The standard InChI is InChI=1S/C13H19BrN2O3/c1-8(2)5-13(3,19)7-16-11-10(12(17)18)4-9(14)6-15-11/h4,6,8,19H,5,7H2,1-3H3,(H,15,16)(H,17,18). The molecular weight excluding hydrogens is 312 g/mol. The van der Waals surface area contributed by atoms with Crippen LogP contribution in [0.4, 0.5) is 5.82 Å². The van der Waals surface area contributed by atoms with Crippen LogP contribution >= 0.6 is 15.9 Å². The second kappa shape index (κ2) is 6.34. The van der Waals surface area contributed by atoms with Crippen molar-refractivity contribution in [1.82, 2.24) is 4.98 Å². The Hall–Kier alpha value is -1.14. The molecule has 1 aromatic rings.